The predicted octanol–water partition coefficient (Wildman–Crippen LogP) is 2.54. The first-order chi connectivity index (χ1) is 8.70. The number of hydrogen-bond donors (Lipinski definition) is 1. The molecule has 96 valence electrons. The van der Waals surface area contributed by atoms with E-state index in [-0.39, 0.29) is 6.04 Å². The molecule has 5 nitrogen and oxygen atoms in total. The van der Waals surface area contributed by atoms with Crippen LogP contribution in [-0.4, -0.2) is 27.1 Å². The summed E-state index contributed by atoms with van der Waals surface area (Å²) in [7, 11) is 0. The smallest absolute Gasteiger partial charge is 0.243 e. The molecule has 2 aromatic heterocycles. The van der Waals surface area contributed by atoms with Crippen LogP contribution in [0.2, 0.25) is 5.02 Å². The zero-order valence-corrected chi connectivity index (χ0v) is 11.4. The molecule has 0 aliphatic carbocycles. The summed E-state index contributed by atoms with van der Waals surface area (Å²) in [6.45, 7) is 0. The highest BCUT2D eigenvalue weighted by molar-refractivity contribution is 7.98. The van der Waals surface area contributed by atoms with Gasteiger partial charge in [-0.25, -0.2) is 0 Å². The van der Waals surface area contributed by atoms with Gasteiger partial charge >= 0.3 is 0 Å². The van der Waals surface area contributed by atoms with E-state index in [9.17, 15) is 0 Å². The highest BCUT2D eigenvalue weighted by Crippen LogP contribution is 2.19. The molecule has 0 fully saturated rings. The summed E-state index contributed by atoms with van der Waals surface area (Å²) in [6.07, 6.45) is 4.38. The first-order valence-corrected chi connectivity index (χ1v) is 7.18. The highest BCUT2D eigenvalue weighted by atomic mass is 35.5. The average Bonchev–Trinajstić information content (AvgIpc) is 2.86. The Morgan fingerprint density at radius 1 is 1.50 bits per heavy atom. The third-order valence-electron chi connectivity index (χ3n) is 2.35. The van der Waals surface area contributed by atoms with E-state index in [4.69, 9.17) is 21.9 Å². The van der Waals surface area contributed by atoms with Crippen LogP contribution in [0.25, 0.3) is 11.5 Å². The van der Waals surface area contributed by atoms with Crippen molar-refractivity contribution in [1.82, 2.24) is 15.1 Å². The molecule has 2 N–H and O–H groups in total. The van der Waals surface area contributed by atoms with Crippen molar-refractivity contribution < 1.29 is 4.52 Å². The number of nitrogens with two attached hydrogens (primary N) is 1. The van der Waals surface area contributed by atoms with Crippen molar-refractivity contribution in [3.63, 3.8) is 0 Å². The topological polar surface area (TPSA) is 77.8 Å². The fraction of sp³-hybridized carbons (Fsp3) is 0.364. The Balaban J connectivity index is 2.12. The molecule has 2 heterocycles. The molecule has 0 radical (unpaired) electrons. The number of aromatic nitrogens is 3. The van der Waals surface area contributed by atoms with Gasteiger partial charge in [0.1, 0.15) is 5.69 Å². The lowest BCUT2D eigenvalue weighted by Gasteiger charge is -2.03. The summed E-state index contributed by atoms with van der Waals surface area (Å²) < 4.78 is 5.14. The SMILES string of the molecule is CSCC[C@@H](N)c1nc(-c2ccc(Cl)cn2)no1. The van der Waals surface area contributed by atoms with Gasteiger partial charge in [0.25, 0.3) is 0 Å². The zero-order valence-electron chi connectivity index (χ0n) is 9.84. The van der Waals surface area contributed by atoms with Gasteiger partial charge in [0.05, 0.1) is 11.1 Å². The third-order valence-corrected chi connectivity index (χ3v) is 3.22. The number of hydrogen-bond acceptors (Lipinski definition) is 6. The molecule has 1 atom stereocenters. The second-order valence-electron chi connectivity index (χ2n) is 3.71. The molecule has 2 aromatic rings. The Hall–Kier alpha value is -1.11. The average molecular weight is 285 g/mol. The van der Waals surface area contributed by atoms with E-state index in [1.807, 2.05) is 6.26 Å². The maximum absolute atomic E-state index is 5.95. The Labute approximate surface area is 114 Å². The molecule has 0 bridgehead atoms. The van der Waals surface area contributed by atoms with Crippen LogP contribution in [-0.2, 0) is 0 Å². The standard InChI is InChI=1S/C11H13ClN4OS/c1-18-5-4-8(13)11-15-10(16-17-11)9-3-2-7(12)6-14-9/h2-3,6,8H,4-5,13H2,1H3/t8-/m1/s1. The molecule has 2 rings (SSSR count). The van der Waals surface area contributed by atoms with Gasteiger partial charge in [-0.1, -0.05) is 16.8 Å². The molecule has 0 aliphatic rings. The van der Waals surface area contributed by atoms with E-state index in [1.165, 1.54) is 0 Å². The second-order valence-corrected chi connectivity index (χ2v) is 5.13. The quantitative estimate of drug-likeness (QED) is 0.909. The van der Waals surface area contributed by atoms with Crippen LogP contribution in [0, 0.1) is 0 Å². The fourth-order valence-corrected chi connectivity index (χ4v) is 1.97. The Morgan fingerprint density at radius 2 is 2.33 bits per heavy atom. The second kappa shape index (κ2) is 6.17. The van der Waals surface area contributed by atoms with E-state index >= 15 is 0 Å². The number of rotatable bonds is 5. The van der Waals surface area contributed by atoms with Crippen LogP contribution < -0.4 is 5.73 Å². The van der Waals surface area contributed by atoms with Gasteiger partial charge in [-0.05, 0) is 30.6 Å². The summed E-state index contributed by atoms with van der Waals surface area (Å²) in [5.41, 5.74) is 6.56. The van der Waals surface area contributed by atoms with E-state index in [0.29, 0.717) is 22.4 Å². The summed E-state index contributed by atoms with van der Waals surface area (Å²) in [6, 6.07) is 3.24. The highest BCUT2D eigenvalue weighted by Gasteiger charge is 2.15. The summed E-state index contributed by atoms with van der Waals surface area (Å²) in [5, 5.41) is 4.44. The number of halogens is 1. The first-order valence-electron chi connectivity index (χ1n) is 5.40. The largest absolute Gasteiger partial charge is 0.337 e. The Bertz CT molecular complexity index is 502. The minimum atomic E-state index is -0.231. The lowest BCUT2D eigenvalue weighted by molar-refractivity contribution is 0.353. The van der Waals surface area contributed by atoms with Crippen LogP contribution in [0.4, 0.5) is 0 Å². The van der Waals surface area contributed by atoms with Crippen molar-refractivity contribution in [1.29, 1.82) is 0 Å². The molecule has 0 aromatic carbocycles. The van der Waals surface area contributed by atoms with Crippen molar-refractivity contribution in [2.75, 3.05) is 12.0 Å². The molecule has 0 saturated carbocycles. The van der Waals surface area contributed by atoms with Crippen LogP contribution >= 0.6 is 23.4 Å². The van der Waals surface area contributed by atoms with E-state index < -0.39 is 0 Å². The van der Waals surface area contributed by atoms with Crippen LogP contribution in [0.5, 0.6) is 0 Å². The molecule has 0 spiro atoms. The lowest BCUT2D eigenvalue weighted by Crippen LogP contribution is -2.11. The van der Waals surface area contributed by atoms with Crippen molar-refractivity contribution in [2.24, 2.45) is 5.73 Å². The van der Waals surface area contributed by atoms with Gasteiger partial charge in [0.2, 0.25) is 11.7 Å². The molecule has 0 amide bonds. The van der Waals surface area contributed by atoms with Crippen molar-refractivity contribution in [2.45, 2.75) is 12.5 Å². The van der Waals surface area contributed by atoms with Gasteiger partial charge in [-0.15, -0.1) is 0 Å². The molecular formula is C11H13ClN4OS. The lowest BCUT2D eigenvalue weighted by atomic mass is 10.2. The molecular weight excluding hydrogens is 272 g/mol. The van der Waals surface area contributed by atoms with Crippen molar-refractivity contribution in [3.05, 3.63) is 29.2 Å². The maximum atomic E-state index is 5.95. The molecule has 18 heavy (non-hydrogen) atoms. The molecule has 0 unspecified atom stereocenters. The van der Waals surface area contributed by atoms with Crippen LogP contribution in [0.1, 0.15) is 18.4 Å². The Kier molecular flexibility index (Phi) is 4.57. The van der Waals surface area contributed by atoms with Gasteiger partial charge in [0.15, 0.2) is 0 Å². The van der Waals surface area contributed by atoms with Gasteiger partial charge in [0, 0.05) is 6.20 Å². The number of nitrogens with zero attached hydrogens (tertiary/aromatic N) is 3. The minimum absolute atomic E-state index is 0.231. The molecule has 0 saturated heterocycles. The summed E-state index contributed by atoms with van der Waals surface area (Å²) in [5.74, 6) is 1.83. The molecule has 7 heteroatoms. The van der Waals surface area contributed by atoms with E-state index in [1.54, 1.807) is 30.1 Å². The van der Waals surface area contributed by atoms with Gasteiger partial charge < -0.3 is 10.3 Å². The van der Waals surface area contributed by atoms with Gasteiger partial charge in [-0.3, -0.25) is 4.98 Å². The first kappa shape index (κ1) is 13.3. The third kappa shape index (κ3) is 3.22. The van der Waals surface area contributed by atoms with Crippen LogP contribution in [0.15, 0.2) is 22.9 Å². The summed E-state index contributed by atoms with van der Waals surface area (Å²) >= 11 is 7.50. The van der Waals surface area contributed by atoms with Crippen molar-refractivity contribution >= 4 is 23.4 Å². The van der Waals surface area contributed by atoms with Gasteiger partial charge in [-0.2, -0.15) is 16.7 Å². The van der Waals surface area contributed by atoms with Crippen molar-refractivity contribution in [3.8, 4) is 11.5 Å². The van der Waals surface area contributed by atoms with E-state index in [2.05, 4.69) is 15.1 Å². The normalized spacial score (nSPS) is 12.6. The predicted molar refractivity (Wildman–Crippen MR) is 72.5 cm³/mol. The monoisotopic (exact) mass is 284 g/mol. The summed E-state index contributed by atoms with van der Waals surface area (Å²) in [4.78, 5) is 8.37. The number of pyridine rings is 1. The Morgan fingerprint density at radius 3 is 3.00 bits per heavy atom. The minimum Gasteiger partial charge on any atom is -0.337 e. The van der Waals surface area contributed by atoms with Crippen LogP contribution in [0.3, 0.4) is 0 Å². The molecule has 0 aliphatic heterocycles. The maximum Gasteiger partial charge on any atom is 0.243 e. The van der Waals surface area contributed by atoms with E-state index in [0.717, 1.165) is 12.2 Å². The number of thioether (sulfide) groups is 1. The fourth-order valence-electron chi connectivity index (χ4n) is 1.37. The zero-order chi connectivity index (χ0) is 13.0.